The first-order chi connectivity index (χ1) is 17.2. The van der Waals surface area contributed by atoms with Crippen LogP contribution in [0.25, 0.3) is 11.4 Å². The van der Waals surface area contributed by atoms with Crippen molar-refractivity contribution in [3.8, 4) is 11.4 Å². The van der Waals surface area contributed by atoms with Gasteiger partial charge in [0.25, 0.3) is 5.91 Å². The SMILES string of the molecule is O=C(Nc1ccc(-c2nn[nH]n2)cc1)c1[nH]ncc1CNc1ccccc1C(O)c1ccccc1. The molecule has 0 saturated heterocycles. The zero-order valence-corrected chi connectivity index (χ0v) is 18.5. The fourth-order valence-electron chi connectivity index (χ4n) is 3.72. The number of aromatic amines is 2. The van der Waals surface area contributed by atoms with E-state index in [1.165, 1.54) is 0 Å². The van der Waals surface area contributed by atoms with Crippen molar-refractivity contribution in [2.24, 2.45) is 0 Å². The first-order valence-corrected chi connectivity index (χ1v) is 10.9. The van der Waals surface area contributed by atoms with Crippen LogP contribution in [0.4, 0.5) is 11.4 Å². The topological polar surface area (TPSA) is 144 Å². The minimum Gasteiger partial charge on any atom is -0.384 e. The molecule has 0 saturated carbocycles. The number of carbonyl (C=O) groups excluding carboxylic acids is 1. The number of anilines is 2. The van der Waals surface area contributed by atoms with Crippen LogP contribution in [0.5, 0.6) is 0 Å². The van der Waals surface area contributed by atoms with Gasteiger partial charge in [-0.25, -0.2) is 0 Å². The van der Waals surface area contributed by atoms with Crippen molar-refractivity contribution in [2.75, 3.05) is 10.6 Å². The van der Waals surface area contributed by atoms with Gasteiger partial charge >= 0.3 is 0 Å². The average molecular weight is 467 g/mol. The number of hydrogen-bond acceptors (Lipinski definition) is 7. The molecule has 2 heterocycles. The maximum absolute atomic E-state index is 12.9. The highest BCUT2D eigenvalue weighted by Crippen LogP contribution is 2.28. The first kappa shape index (κ1) is 22.0. The van der Waals surface area contributed by atoms with Crippen molar-refractivity contribution in [3.63, 3.8) is 0 Å². The predicted molar refractivity (Wildman–Crippen MR) is 130 cm³/mol. The van der Waals surface area contributed by atoms with Gasteiger partial charge in [-0.05, 0) is 41.1 Å². The van der Waals surface area contributed by atoms with Gasteiger partial charge in [-0.15, -0.1) is 10.2 Å². The maximum Gasteiger partial charge on any atom is 0.274 e. The quantitative estimate of drug-likeness (QED) is 0.235. The second kappa shape index (κ2) is 9.98. The molecule has 0 aliphatic carbocycles. The van der Waals surface area contributed by atoms with Gasteiger partial charge in [-0.2, -0.15) is 10.3 Å². The second-order valence-electron chi connectivity index (χ2n) is 7.79. The summed E-state index contributed by atoms with van der Waals surface area (Å²) >= 11 is 0. The molecule has 1 unspecified atom stereocenters. The first-order valence-electron chi connectivity index (χ1n) is 10.9. The molecule has 1 atom stereocenters. The summed E-state index contributed by atoms with van der Waals surface area (Å²) in [6, 6.07) is 24.1. The number of carbonyl (C=O) groups is 1. The molecule has 0 spiro atoms. The summed E-state index contributed by atoms with van der Waals surface area (Å²) < 4.78 is 0. The maximum atomic E-state index is 12.9. The van der Waals surface area contributed by atoms with Crippen LogP contribution in [0, 0.1) is 0 Å². The molecular formula is C25H22N8O2. The van der Waals surface area contributed by atoms with Gasteiger partial charge in [-0.1, -0.05) is 48.5 Å². The molecule has 5 aromatic rings. The number of nitrogens with zero attached hydrogens (tertiary/aromatic N) is 4. The molecule has 2 aromatic heterocycles. The molecular weight excluding hydrogens is 444 g/mol. The zero-order valence-electron chi connectivity index (χ0n) is 18.5. The Morgan fingerprint density at radius 2 is 1.74 bits per heavy atom. The summed E-state index contributed by atoms with van der Waals surface area (Å²) in [5.74, 6) is 0.159. The van der Waals surface area contributed by atoms with Gasteiger partial charge < -0.3 is 15.7 Å². The van der Waals surface area contributed by atoms with Crippen molar-refractivity contribution in [1.82, 2.24) is 30.8 Å². The Kier molecular flexibility index (Phi) is 6.27. The Bertz CT molecular complexity index is 1400. The van der Waals surface area contributed by atoms with E-state index in [0.29, 0.717) is 29.3 Å². The summed E-state index contributed by atoms with van der Waals surface area (Å²) in [6.45, 7) is 0.342. The van der Waals surface area contributed by atoms with E-state index < -0.39 is 6.10 Å². The predicted octanol–water partition coefficient (Wildman–Crippen LogP) is 3.54. The van der Waals surface area contributed by atoms with Crippen molar-refractivity contribution in [3.05, 3.63) is 107 Å². The minimum absolute atomic E-state index is 0.316. The van der Waals surface area contributed by atoms with Gasteiger partial charge in [0, 0.05) is 34.6 Å². The molecule has 10 nitrogen and oxygen atoms in total. The number of H-pyrrole nitrogens is 2. The number of benzene rings is 3. The van der Waals surface area contributed by atoms with Crippen LogP contribution in [-0.4, -0.2) is 41.8 Å². The molecule has 1 amide bonds. The van der Waals surface area contributed by atoms with Crippen molar-refractivity contribution in [1.29, 1.82) is 0 Å². The highest BCUT2D eigenvalue weighted by atomic mass is 16.3. The third-order valence-corrected chi connectivity index (χ3v) is 5.53. The molecule has 0 aliphatic rings. The van der Waals surface area contributed by atoms with E-state index >= 15 is 0 Å². The smallest absolute Gasteiger partial charge is 0.274 e. The van der Waals surface area contributed by atoms with Gasteiger partial charge in [0.15, 0.2) is 0 Å². The fourth-order valence-corrected chi connectivity index (χ4v) is 3.72. The van der Waals surface area contributed by atoms with Crippen LogP contribution < -0.4 is 10.6 Å². The van der Waals surface area contributed by atoms with Crippen LogP contribution in [0.15, 0.2) is 85.1 Å². The third kappa shape index (κ3) is 4.92. The van der Waals surface area contributed by atoms with E-state index in [4.69, 9.17) is 0 Å². The monoisotopic (exact) mass is 466 g/mol. The Balaban J connectivity index is 1.27. The van der Waals surface area contributed by atoms with Crippen molar-refractivity contribution < 1.29 is 9.90 Å². The largest absolute Gasteiger partial charge is 0.384 e. The van der Waals surface area contributed by atoms with Gasteiger partial charge in [-0.3, -0.25) is 9.89 Å². The molecule has 174 valence electrons. The van der Waals surface area contributed by atoms with Crippen LogP contribution >= 0.6 is 0 Å². The Morgan fingerprint density at radius 3 is 2.51 bits per heavy atom. The number of aliphatic hydroxyl groups is 1. The number of tetrazole rings is 1. The van der Waals surface area contributed by atoms with E-state index in [2.05, 4.69) is 41.5 Å². The van der Waals surface area contributed by atoms with E-state index in [0.717, 1.165) is 22.4 Å². The molecule has 3 aromatic carbocycles. The number of nitrogens with one attached hydrogen (secondary N) is 4. The zero-order chi connectivity index (χ0) is 24.0. The van der Waals surface area contributed by atoms with Gasteiger partial charge in [0.2, 0.25) is 5.82 Å². The third-order valence-electron chi connectivity index (χ3n) is 5.53. The van der Waals surface area contributed by atoms with E-state index in [1.54, 1.807) is 30.5 Å². The van der Waals surface area contributed by atoms with Crippen molar-refractivity contribution in [2.45, 2.75) is 12.6 Å². The summed E-state index contributed by atoms with van der Waals surface area (Å²) in [5.41, 5.74) is 4.75. The van der Waals surface area contributed by atoms with Crippen molar-refractivity contribution >= 4 is 17.3 Å². The molecule has 0 aliphatic heterocycles. The van der Waals surface area contributed by atoms with Crippen LogP contribution in [0.2, 0.25) is 0 Å². The molecule has 0 radical (unpaired) electrons. The minimum atomic E-state index is -0.776. The summed E-state index contributed by atoms with van der Waals surface area (Å²) in [4.78, 5) is 12.9. The van der Waals surface area contributed by atoms with Gasteiger partial charge in [0.05, 0.1) is 6.20 Å². The van der Waals surface area contributed by atoms with Gasteiger partial charge in [0.1, 0.15) is 11.8 Å². The molecule has 5 N–H and O–H groups in total. The number of rotatable bonds is 8. The lowest BCUT2D eigenvalue weighted by Gasteiger charge is -2.17. The lowest BCUT2D eigenvalue weighted by molar-refractivity contribution is 0.102. The Labute approximate surface area is 200 Å². The summed E-state index contributed by atoms with van der Waals surface area (Å²) in [6.07, 6.45) is 0.833. The average Bonchev–Trinajstić information content (AvgIpc) is 3.61. The van der Waals surface area contributed by atoms with Crippen LogP contribution in [-0.2, 0) is 6.54 Å². The lowest BCUT2D eigenvalue weighted by Crippen LogP contribution is -2.16. The summed E-state index contributed by atoms with van der Waals surface area (Å²) in [5, 5.41) is 37.7. The fraction of sp³-hybridized carbons (Fsp3) is 0.0800. The molecule has 0 fully saturated rings. The van der Waals surface area contributed by atoms with Crippen LogP contribution in [0.3, 0.4) is 0 Å². The summed E-state index contributed by atoms with van der Waals surface area (Å²) in [7, 11) is 0. The highest BCUT2D eigenvalue weighted by Gasteiger charge is 2.17. The second-order valence-corrected chi connectivity index (χ2v) is 7.79. The van der Waals surface area contributed by atoms with E-state index in [1.807, 2.05) is 54.6 Å². The standard InChI is InChI=1S/C25H22N8O2/c34-23(16-6-2-1-3-7-16)20-8-4-5-9-21(20)26-14-18-15-27-29-22(18)25(35)28-19-12-10-17(11-13-19)24-30-32-33-31-24/h1-13,15,23,26,34H,14H2,(H,27,29)(H,28,35)(H,30,31,32,33). The highest BCUT2D eigenvalue weighted by molar-refractivity contribution is 6.03. The van der Waals surface area contributed by atoms with Crippen LogP contribution in [0.1, 0.15) is 33.3 Å². The van der Waals surface area contributed by atoms with E-state index in [9.17, 15) is 9.90 Å². The number of amides is 1. The normalized spacial score (nSPS) is 11.7. The molecule has 5 rings (SSSR count). The number of aliphatic hydroxyl groups excluding tert-OH is 1. The number of hydrogen-bond donors (Lipinski definition) is 5. The molecule has 35 heavy (non-hydrogen) atoms. The van der Waals surface area contributed by atoms with E-state index in [-0.39, 0.29) is 5.91 Å². The molecule has 0 bridgehead atoms. The number of aromatic nitrogens is 6. The Morgan fingerprint density at radius 1 is 0.971 bits per heavy atom. The molecule has 10 heteroatoms. The number of para-hydroxylation sites is 1. The lowest BCUT2D eigenvalue weighted by atomic mass is 10.00. The Hall–Kier alpha value is -4.83.